The molecule has 0 atom stereocenters. The van der Waals surface area contributed by atoms with Gasteiger partial charge in [-0.05, 0) is 23.8 Å². The third kappa shape index (κ3) is 3.33. The van der Waals surface area contributed by atoms with E-state index in [1.165, 1.54) is 0 Å². The van der Waals surface area contributed by atoms with Gasteiger partial charge in [0.15, 0.2) is 23.3 Å². The molecular formula is C14H8ClF4NO. The maximum Gasteiger partial charge on any atom is 0.254 e. The highest BCUT2D eigenvalue weighted by molar-refractivity contribution is 6.30. The molecule has 0 aliphatic carbocycles. The summed E-state index contributed by atoms with van der Waals surface area (Å²) in [5.74, 6) is -8.42. The van der Waals surface area contributed by atoms with Crippen LogP contribution in [0.1, 0.15) is 15.9 Å². The summed E-state index contributed by atoms with van der Waals surface area (Å²) in [4.78, 5) is 11.7. The third-order valence-electron chi connectivity index (χ3n) is 2.69. The van der Waals surface area contributed by atoms with Gasteiger partial charge < -0.3 is 5.32 Å². The van der Waals surface area contributed by atoms with Crippen LogP contribution in [0.4, 0.5) is 17.6 Å². The molecule has 0 heterocycles. The molecule has 110 valence electrons. The van der Waals surface area contributed by atoms with Gasteiger partial charge in [-0.2, -0.15) is 0 Å². The Morgan fingerprint density at radius 1 is 1.05 bits per heavy atom. The van der Waals surface area contributed by atoms with Gasteiger partial charge in [0.05, 0.1) is 5.56 Å². The molecule has 1 amide bonds. The van der Waals surface area contributed by atoms with Crippen LogP contribution in [-0.4, -0.2) is 5.91 Å². The van der Waals surface area contributed by atoms with E-state index in [-0.39, 0.29) is 6.54 Å². The van der Waals surface area contributed by atoms with E-state index in [9.17, 15) is 22.4 Å². The minimum absolute atomic E-state index is 0.0283. The van der Waals surface area contributed by atoms with Crippen molar-refractivity contribution in [1.29, 1.82) is 0 Å². The fourth-order valence-corrected chi connectivity index (χ4v) is 1.88. The van der Waals surface area contributed by atoms with Gasteiger partial charge in [0.25, 0.3) is 5.91 Å². The van der Waals surface area contributed by atoms with Crippen molar-refractivity contribution in [2.45, 2.75) is 6.54 Å². The van der Waals surface area contributed by atoms with Crippen LogP contribution in [0.15, 0.2) is 30.3 Å². The number of benzene rings is 2. The lowest BCUT2D eigenvalue weighted by Gasteiger charge is -2.08. The van der Waals surface area contributed by atoms with Crippen molar-refractivity contribution in [1.82, 2.24) is 5.32 Å². The lowest BCUT2D eigenvalue weighted by Crippen LogP contribution is -2.24. The zero-order valence-corrected chi connectivity index (χ0v) is 11.1. The average molecular weight is 318 g/mol. The van der Waals surface area contributed by atoms with Gasteiger partial charge in [-0.15, -0.1) is 0 Å². The molecule has 2 rings (SSSR count). The van der Waals surface area contributed by atoms with E-state index in [1.54, 1.807) is 24.3 Å². The Labute approximate surface area is 122 Å². The quantitative estimate of drug-likeness (QED) is 0.520. The van der Waals surface area contributed by atoms with Gasteiger partial charge in [0.2, 0.25) is 0 Å². The number of nitrogens with one attached hydrogen (secondary N) is 1. The Morgan fingerprint density at radius 2 is 1.76 bits per heavy atom. The summed E-state index contributed by atoms with van der Waals surface area (Å²) < 4.78 is 52.3. The van der Waals surface area contributed by atoms with Gasteiger partial charge in [0.1, 0.15) is 0 Å². The molecule has 0 aromatic heterocycles. The van der Waals surface area contributed by atoms with E-state index in [4.69, 9.17) is 11.6 Å². The van der Waals surface area contributed by atoms with Gasteiger partial charge in [-0.1, -0.05) is 23.7 Å². The zero-order chi connectivity index (χ0) is 15.6. The van der Waals surface area contributed by atoms with E-state index in [0.29, 0.717) is 16.7 Å². The smallest absolute Gasteiger partial charge is 0.254 e. The lowest BCUT2D eigenvalue weighted by atomic mass is 10.1. The van der Waals surface area contributed by atoms with Crippen LogP contribution in [0.2, 0.25) is 5.02 Å². The SMILES string of the molecule is O=C(NCc1cccc(Cl)c1)c1cc(F)c(F)c(F)c1F. The van der Waals surface area contributed by atoms with Gasteiger partial charge in [0, 0.05) is 11.6 Å². The highest BCUT2D eigenvalue weighted by Crippen LogP contribution is 2.19. The number of carbonyl (C=O) groups is 1. The van der Waals surface area contributed by atoms with Crippen molar-refractivity contribution in [3.8, 4) is 0 Å². The molecule has 2 aromatic rings. The Hall–Kier alpha value is -2.08. The summed E-state index contributed by atoms with van der Waals surface area (Å²) in [6, 6.07) is 6.78. The Bertz CT molecular complexity index is 706. The number of hydrogen-bond acceptors (Lipinski definition) is 1. The van der Waals surface area contributed by atoms with Crippen molar-refractivity contribution in [3.63, 3.8) is 0 Å². The van der Waals surface area contributed by atoms with Crippen LogP contribution in [0.3, 0.4) is 0 Å². The maximum absolute atomic E-state index is 13.4. The first-order valence-electron chi connectivity index (χ1n) is 5.75. The normalized spacial score (nSPS) is 10.5. The first-order valence-corrected chi connectivity index (χ1v) is 6.13. The summed E-state index contributed by atoms with van der Waals surface area (Å²) in [7, 11) is 0. The molecule has 0 unspecified atom stereocenters. The van der Waals surface area contributed by atoms with Crippen LogP contribution in [0, 0.1) is 23.3 Å². The second-order valence-electron chi connectivity index (χ2n) is 4.16. The number of hydrogen-bond donors (Lipinski definition) is 1. The Balaban J connectivity index is 2.18. The number of carbonyl (C=O) groups excluding carboxylic acids is 1. The molecule has 0 bridgehead atoms. The predicted molar refractivity (Wildman–Crippen MR) is 68.9 cm³/mol. The largest absolute Gasteiger partial charge is 0.348 e. The fraction of sp³-hybridized carbons (Fsp3) is 0.0714. The molecule has 1 N–H and O–H groups in total. The number of halogens is 5. The maximum atomic E-state index is 13.4. The van der Waals surface area contributed by atoms with Crippen LogP contribution in [-0.2, 0) is 6.54 Å². The summed E-state index contributed by atoms with van der Waals surface area (Å²) >= 11 is 5.75. The van der Waals surface area contributed by atoms with Crippen LogP contribution >= 0.6 is 11.6 Å². The molecule has 2 aromatic carbocycles. The van der Waals surface area contributed by atoms with Crippen molar-refractivity contribution in [3.05, 3.63) is 69.8 Å². The zero-order valence-electron chi connectivity index (χ0n) is 10.4. The van der Waals surface area contributed by atoms with Gasteiger partial charge in [-0.25, -0.2) is 17.6 Å². The monoisotopic (exact) mass is 317 g/mol. The average Bonchev–Trinajstić information content (AvgIpc) is 2.46. The molecule has 0 radical (unpaired) electrons. The van der Waals surface area contributed by atoms with Crippen molar-refractivity contribution >= 4 is 17.5 Å². The predicted octanol–water partition coefficient (Wildman–Crippen LogP) is 3.83. The van der Waals surface area contributed by atoms with E-state index < -0.39 is 34.7 Å². The summed E-state index contributed by atoms with van der Waals surface area (Å²) in [6.07, 6.45) is 0. The highest BCUT2D eigenvalue weighted by Gasteiger charge is 2.22. The minimum Gasteiger partial charge on any atom is -0.348 e. The second-order valence-corrected chi connectivity index (χ2v) is 4.60. The number of amides is 1. The van der Waals surface area contributed by atoms with Crippen molar-refractivity contribution in [2.75, 3.05) is 0 Å². The standard InChI is InChI=1S/C14H8ClF4NO/c15-8-3-1-2-7(4-8)6-20-14(21)9-5-10(16)12(18)13(19)11(9)17/h1-5H,6H2,(H,20,21). The van der Waals surface area contributed by atoms with E-state index in [0.717, 1.165) is 0 Å². The Morgan fingerprint density at radius 3 is 2.43 bits per heavy atom. The summed E-state index contributed by atoms with van der Waals surface area (Å²) in [6.45, 7) is -0.0283. The molecule has 7 heteroatoms. The molecule has 0 spiro atoms. The fourth-order valence-electron chi connectivity index (χ4n) is 1.66. The molecule has 0 fully saturated rings. The van der Waals surface area contributed by atoms with Crippen LogP contribution in [0.25, 0.3) is 0 Å². The van der Waals surface area contributed by atoms with E-state index >= 15 is 0 Å². The minimum atomic E-state index is -2.03. The molecule has 0 saturated heterocycles. The Kier molecular flexibility index (Phi) is 4.47. The first-order chi connectivity index (χ1) is 9.90. The first kappa shape index (κ1) is 15.3. The van der Waals surface area contributed by atoms with Gasteiger partial charge >= 0.3 is 0 Å². The third-order valence-corrected chi connectivity index (χ3v) is 2.92. The lowest BCUT2D eigenvalue weighted by molar-refractivity contribution is 0.0944. The summed E-state index contributed by atoms with van der Waals surface area (Å²) in [5, 5.41) is 2.70. The topological polar surface area (TPSA) is 29.1 Å². The molecule has 2 nitrogen and oxygen atoms in total. The van der Waals surface area contributed by atoms with Crippen molar-refractivity contribution < 1.29 is 22.4 Å². The molecule has 0 aliphatic heterocycles. The molecule has 21 heavy (non-hydrogen) atoms. The van der Waals surface area contributed by atoms with Crippen molar-refractivity contribution in [2.24, 2.45) is 0 Å². The van der Waals surface area contributed by atoms with E-state index in [2.05, 4.69) is 5.32 Å². The van der Waals surface area contributed by atoms with E-state index in [1.807, 2.05) is 0 Å². The van der Waals surface area contributed by atoms with Gasteiger partial charge in [-0.3, -0.25) is 4.79 Å². The second kappa shape index (κ2) is 6.13. The van der Waals surface area contributed by atoms with Crippen LogP contribution in [0.5, 0.6) is 0 Å². The molecular weight excluding hydrogens is 310 g/mol. The highest BCUT2D eigenvalue weighted by atomic mass is 35.5. The molecule has 0 aliphatic rings. The van der Waals surface area contributed by atoms with Crippen LogP contribution < -0.4 is 5.32 Å². The number of rotatable bonds is 3. The summed E-state index contributed by atoms with van der Waals surface area (Å²) in [5.41, 5.74) is -0.298. The molecule has 0 saturated carbocycles.